The smallest absolute Gasteiger partial charge is 0.326 e. The van der Waals surface area contributed by atoms with Gasteiger partial charge in [0.25, 0.3) is 0 Å². The lowest BCUT2D eigenvalue weighted by molar-refractivity contribution is -0.142. The summed E-state index contributed by atoms with van der Waals surface area (Å²) >= 11 is 0. The number of H-pyrrole nitrogens is 1. The second kappa shape index (κ2) is 13.7. The molecule has 206 valence electrons. The van der Waals surface area contributed by atoms with Crippen molar-refractivity contribution in [1.29, 1.82) is 0 Å². The lowest BCUT2D eigenvalue weighted by Gasteiger charge is -2.27. The SMILES string of the molecule is CC(C)C(NC(=O)C(Cc1ccc(O)cc1)NC(=O)C(N)CC(=O)O)C(=O)NC(Cc1cnc[nH]1)C(=O)O. The normalized spacial score (nSPS) is 14.1. The predicted molar refractivity (Wildman–Crippen MR) is 133 cm³/mol. The number of aromatic hydroxyl groups is 1. The van der Waals surface area contributed by atoms with Crippen LogP contribution in [0.5, 0.6) is 5.75 Å². The van der Waals surface area contributed by atoms with Gasteiger partial charge in [-0.05, 0) is 23.6 Å². The van der Waals surface area contributed by atoms with Crippen molar-refractivity contribution in [3.63, 3.8) is 0 Å². The molecule has 0 saturated carbocycles. The Kier molecular flexibility index (Phi) is 10.8. The molecule has 0 spiro atoms. The summed E-state index contributed by atoms with van der Waals surface area (Å²) in [5, 5.41) is 35.4. The van der Waals surface area contributed by atoms with Crippen LogP contribution in [0.3, 0.4) is 0 Å². The molecule has 0 saturated heterocycles. The summed E-state index contributed by atoms with van der Waals surface area (Å²) < 4.78 is 0. The zero-order chi connectivity index (χ0) is 28.4. The van der Waals surface area contributed by atoms with Crippen molar-refractivity contribution in [2.45, 2.75) is 57.3 Å². The molecule has 0 bridgehead atoms. The highest BCUT2D eigenvalue weighted by Crippen LogP contribution is 2.13. The van der Waals surface area contributed by atoms with Gasteiger partial charge in [0.15, 0.2) is 0 Å². The van der Waals surface area contributed by atoms with Crippen LogP contribution in [0.2, 0.25) is 0 Å². The number of carbonyl (C=O) groups is 5. The van der Waals surface area contributed by atoms with Crippen molar-refractivity contribution in [1.82, 2.24) is 25.9 Å². The second-order valence-electron chi connectivity index (χ2n) is 9.05. The summed E-state index contributed by atoms with van der Waals surface area (Å²) in [4.78, 5) is 68.0. The maximum atomic E-state index is 13.2. The van der Waals surface area contributed by atoms with Crippen LogP contribution in [-0.4, -0.2) is 79.1 Å². The molecule has 0 aliphatic heterocycles. The molecule has 1 aromatic carbocycles. The fraction of sp³-hybridized carbons (Fsp3) is 0.417. The van der Waals surface area contributed by atoms with E-state index in [0.717, 1.165) is 0 Å². The molecule has 2 rings (SSSR count). The van der Waals surface area contributed by atoms with Crippen LogP contribution in [0.1, 0.15) is 31.5 Å². The van der Waals surface area contributed by atoms with Gasteiger partial charge in [0, 0.05) is 24.7 Å². The number of carbonyl (C=O) groups excluding carboxylic acids is 3. The number of imidazole rings is 1. The van der Waals surface area contributed by atoms with Crippen LogP contribution in [0.25, 0.3) is 0 Å². The molecule has 0 fully saturated rings. The molecule has 3 amide bonds. The molecule has 0 aliphatic carbocycles. The number of amides is 3. The van der Waals surface area contributed by atoms with E-state index in [1.807, 2.05) is 0 Å². The first-order valence-corrected chi connectivity index (χ1v) is 11.7. The molecule has 14 heteroatoms. The van der Waals surface area contributed by atoms with Crippen molar-refractivity contribution < 1.29 is 39.3 Å². The number of aromatic nitrogens is 2. The Morgan fingerprint density at radius 1 is 0.921 bits per heavy atom. The van der Waals surface area contributed by atoms with Crippen LogP contribution in [0, 0.1) is 5.92 Å². The number of hydrogen-bond donors (Lipinski definition) is 8. The fourth-order valence-electron chi connectivity index (χ4n) is 3.50. The molecule has 9 N–H and O–H groups in total. The van der Waals surface area contributed by atoms with Crippen molar-refractivity contribution in [2.24, 2.45) is 11.7 Å². The summed E-state index contributed by atoms with van der Waals surface area (Å²) in [5.74, 6) is -5.48. The summed E-state index contributed by atoms with van der Waals surface area (Å²) in [6, 6.07) is 0.667. The van der Waals surface area contributed by atoms with E-state index >= 15 is 0 Å². The maximum Gasteiger partial charge on any atom is 0.326 e. The van der Waals surface area contributed by atoms with Crippen LogP contribution in [-0.2, 0) is 36.8 Å². The predicted octanol–water partition coefficient (Wildman–Crippen LogP) is -1.10. The van der Waals surface area contributed by atoms with Gasteiger partial charge in [0.2, 0.25) is 17.7 Å². The van der Waals surface area contributed by atoms with Crippen molar-refractivity contribution >= 4 is 29.7 Å². The lowest BCUT2D eigenvalue weighted by Crippen LogP contribution is -2.59. The number of phenolic OH excluding ortho intramolecular Hbond substituents is 1. The van der Waals surface area contributed by atoms with Gasteiger partial charge < -0.3 is 42.0 Å². The first kappa shape index (κ1) is 29.8. The minimum atomic E-state index is -1.43. The minimum Gasteiger partial charge on any atom is -0.508 e. The number of hydrogen-bond acceptors (Lipinski definition) is 8. The van der Waals surface area contributed by atoms with Crippen LogP contribution >= 0.6 is 0 Å². The van der Waals surface area contributed by atoms with E-state index in [1.165, 1.54) is 36.8 Å². The molecule has 1 aromatic heterocycles. The zero-order valence-corrected chi connectivity index (χ0v) is 20.9. The number of rotatable bonds is 14. The van der Waals surface area contributed by atoms with Crippen molar-refractivity contribution in [3.05, 3.63) is 48.0 Å². The summed E-state index contributed by atoms with van der Waals surface area (Å²) in [6.07, 6.45) is 2.00. The highest BCUT2D eigenvalue weighted by molar-refractivity contribution is 5.95. The maximum absolute atomic E-state index is 13.2. The first-order valence-electron chi connectivity index (χ1n) is 11.7. The fourth-order valence-corrected chi connectivity index (χ4v) is 3.50. The molecule has 2 aromatic rings. The lowest BCUT2D eigenvalue weighted by atomic mass is 10.00. The summed E-state index contributed by atoms with van der Waals surface area (Å²) in [7, 11) is 0. The van der Waals surface area contributed by atoms with E-state index in [9.17, 15) is 34.2 Å². The van der Waals surface area contributed by atoms with Crippen LogP contribution in [0.15, 0.2) is 36.8 Å². The molecule has 0 aliphatic rings. The number of aromatic amines is 1. The number of carboxylic acids is 2. The van der Waals surface area contributed by atoms with Gasteiger partial charge in [0.1, 0.15) is 23.9 Å². The number of phenols is 1. The van der Waals surface area contributed by atoms with E-state index in [1.54, 1.807) is 13.8 Å². The average molecular weight is 533 g/mol. The van der Waals surface area contributed by atoms with E-state index in [2.05, 4.69) is 25.9 Å². The number of aliphatic carboxylic acids is 2. The largest absolute Gasteiger partial charge is 0.508 e. The third-order valence-electron chi connectivity index (χ3n) is 5.58. The Labute approximate surface area is 218 Å². The van der Waals surface area contributed by atoms with E-state index in [4.69, 9.17) is 10.8 Å². The molecule has 0 radical (unpaired) electrons. The number of nitrogens with one attached hydrogen (secondary N) is 4. The number of carboxylic acid groups (broad SMARTS) is 2. The third-order valence-corrected chi connectivity index (χ3v) is 5.58. The molecule has 1 heterocycles. The Bertz CT molecular complexity index is 1120. The Hall–Kier alpha value is -4.46. The quantitative estimate of drug-likeness (QED) is 0.146. The van der Waals surface area contributed by atoms with Gasteiger partial charge in [-0.1, -0.05) is 26.0 Å². The van der Waals surface area contributed by atoms with Gasteiger partial charge in [-0.15, -0.1) is 0 Å². The van der Waals surface area contributed by atoms with Gasteiger partial charge in [-0.2, -0.15) is 0 Å². The summed E-state index contributed by atoms with van der Waals surface area (Å²) in [5.41, 5.74) is 6.66. The highest BCUT2D eigenvalue weighted by atomic mass is 16.4. The minimum absolute atomic E-state index is 0.0121. The first-order chi connectivity index (χ1) is 17.9. The second-order valence-corrected chi connectivity index (χ2v) is 9.05. The van der Waals surface area contributed by atoms with Crippen molar-refractivity contribution in [2.75, 3.05) is 0 Å². The highest BCUT2D eigenvalue weighted by Gasteiger charge is 2.32. The average Bonchev–Trinajstić information content (AvgIpc) is 3.35. The van der Waals surface area contributed by atoms with Gasteiger partial charge in [-0.3, -0.25) is 19.2 Å². The summed E-state index contributed by atoms with van der Waals surface area (Å²) in [6.45, 7) is 3.29. The number of nitrogens with zero attached hydrogens (tertiary/aromatic N) is 1. The molecule has 14 nitrogen and oxygen atoms in total. The van der Waals surface area contributed by atoms with Gasteiger partial charge >= 0.3 is 11.9 Å². The van der Waals surface area contributed by atoms with Crippen molar-refractivity contribution in [3.8, 4) is 5.75 Å². The Morgan fingerprint density at radius 2 is 1.55 bits per heavy atom. The monoisotopic (exact) mass is 532 g/mol. The number of nitrogens with two attached hydrogens (primary N) is 1. The third kappa shape index (κ3) is 9.20. The Balaban J connectivity index is 2.20. The topological polar surface area (TPSA) is 237 Å². The molecule has 4 atom stereocenters. The van der Waals surface area contributed by atoms with Crippen LogP contribution in [0.4, 0.5) is 0 Å². The standard InChI is InChI=1S/C24H32N6O8/c1-12(2)20(23(36)29-18(24(37)38)8-14-10-26-11-27-14)30-22(35)17(7-13-3-5-15(31)6-4-13)28-21(34)16(25)9-19(32)33/h3-6,10-12,16-18,20,31H,7-9,25H2,1-2H3,(H,26,27)(H,28,34)(H,29,36)(H,30,35)(H,32,33)(H,37,38). The van der Waals surface area contributed by atoms with Gasteiger partial charge in [-0.25, -0.2) is 9.78 Å². The van der Waals surface area contributed by atoms with E-state index in [-0.39, 0.29) is 18.6 Å². The van der Waals surface area contributed by atoms with E-state index in [0.29, 0.717) is 11.3 Å². The molecular formula is C24H32N6O8. The number of benzene rings is 1. The zero-order valence-electron chi connectivity index (χ0n) is 20.9. The van der Waals surface area contributed by atoms with Crippen LogP contribution < -0.4 is 21.7 Å². The molecular weight excluding hydrogens is 500 g/mol. The molecule has 4 unspecified atom stereocenters. The molecule has 38 heavy (non-hydrogen) atoms. The van der Waals surface area contributed by atoms with E-state index < -0.39 is 66.2 Å². The Morgan fingerprint density at radius 3 is 2.08 bits per heavy atom. The van der Waals surface area contributed by atoms with Gasteiger partial charge in [0.05, 0.1) is 18.8 Å².